The summed E-state index contributed by atoms with van der Waals surface area (Å²) in [5, 5.41) is 9.06. The molecule has 114 valence electrons. The highest BCUT2D eigenvalue weighted by atomic mass is 32.2. The van der Waals surface area contributed by atoms with E-state index in [1.165, 1.54) is 31.4 Å². The van der Waals surface area contributed by atoms with Crippen molar-refractivity contribution in [2.75, 3.05) is 0 Å². The Balaban J connectivity index is 1.55. The number of rotatable bonds is 4. The molecule has 1 aromatic rings. The number of sulfonamides is 1. The van der Waals surface area contributed by atoms with Gasteiger partial charge in [0.1, 0.15) is 5.82 Å². The lowest BCUT2D eigenvalue weighted by Gasteiger charge is -2.12. The van der Waals surface area contributed by atoms with E-state index in [0.29, 0.717) is 23.7 Å². The third kappa shape index (κ3) is 2.04. The van der Waals surface area contributed by atoms with Gasteiger partial charge in [-0.3, -0.25) is 0 Å². The Bertz CT molecular complexity index is 674. The summed E-state index contributed by atoms with van der Waals surface area (Å²) in [5.74, 6) is 1.81. The molecule has 0 amide bonds. The summed E-state index contributed by atoms with van der Waals surface area (Å²) in [7, 11) is -3.64. The van der Waals surface area contributed by atoms with Gasteiger partial charge < -0.3 is 5.11 Å². The molecule has 3 saturated carbocycles. The lowest BCUT2D eigenvalue weighted by molar-refractivity contribution is 0.275. The van der Waals surface area contributed by atoms with E-state index in [0.717, 1.165) is 6.07 Å². The minimum absolute atomic E-state index is 0.00827. The van der Waals surface area contributed by atoms with Crippen LogP contribution >= 0.6 is 0 Å². The molecule has 0 spiro atoms. The van der Waals surface area contributed by atoms with E-state index in [1.807, 2.05) is 0 Å². The first-order valence-corrected chi connectivity index (χ1v) is 8.91. The lowest BCUT2D eigenvalue weighted by atomic mass is 10.0. The Morgan fingerprint density at radius 1 is 1.24 bits per heavy atom. The van der Waals surface area contributed by atoms with E-state index in [2.05, 4.69) is 4.72 Å². The van der Waals surface area contributed by atoms with Crippen molar-refractivity contribution in [1.82, 2.24) is 4.72 Å². The zero-order valence-corrected chi connectivity index (χ0v) is 12.3. The fourth-order valence-corrected chi connectivity index (χ4v) is 5.92. The largest absolute Gasteiger partial charge is 0.392 e. The third-order valence-electron chi connectivity index (χ3n) is 5.52. The fourth-order valence-electron chi connectivity index (χ4n) is 4.57. The molecule has 0 radical (unpaired) electrons. The van der Waals surface area contributed by atoms with Crippen LogP contribution in [0.2, 0.25) is 0 Å². The van der Waals surface area contributed by atoms with Crippen molar-refractivity contribution < 1.29 is 17.9 Å². The number of nitrogens with one attached hydrogen (secondary N) is 1. The predicted octanol–water partition coefficient (Wildman–Crippen LogP) is 1.64. The zero-order chi connectivity index (χ0) is 14.8. The van der Waals surface area contributed by atoms with Crippen LogP contribution in [0.3, 0.4) is 0 Å². The molecule has 0 heterocycles. The van der Waals surface area contributed by atoms with Gasteiger partial charge in [-0.05, 0) is 61.1 Å². The highest BCUT2D eigenvalue weighted by Gasteiger charge is 2.65. The normalized spacial score (nSPS) is 36.8. The van der Waals surface area contributed by atoms with E-state index in [4.69, 9.17) is 5.11 Å². The van der Waals surface area contributed by atoms with Crippen LogP contribution in [0.5, 0.6) is 0 Å². The number of hydrogen-bond donors (Lipinski definition) is 2. The first-order valence-electron chi connectivity index (χ1n) is 7.43. The number of aliphatic hydroxyl groups is 1. The van der Waals surface area contributed by atoms with E-state index in [1.54, 1.807) is 0 Å². The average molecular weight is 311 g/mol. The predicted molar refractivity (Wildman–Crippen MR) is 74.2 cm³/mol. The maximum absolute atomic E-state index is 13.4. The molecule has 0 saturated heterocycles. The number of aliphatic hydroxyl groups excluding tert-OH is 1. The van der Waals surface area contributed by atoms with Crippen molar-refractivity contribution in [3.05, 3.63) is 29.6 Å². The van der Waals surface area contributed by atoms with Gasteiger partial charge in [0.05, 0.1) is 11.5 Å². The summed E-state index contributed by atoms with van der Waals surface area (Å²) in [6, 6.07) is 3.62. The van der Waals surface area contributed by atoms with Crippen molar-refractivity contribution in [2.45, 2.75) is 36.8 Å². The second-order valence-corrected chi connectivity index (χ2v) is 8.26. The summed E-state index contributed by atoms with van der Waals surface area (Å²) < 4.78 is 41.0. The molecule has 1 aromatic carbocycles. The van der Waals surface area contributed by atoms with E-state index >= 15 is 0 Å². The molecule has 2 bridgehead atoms. The molecule has 6 heteroatoms. The van der Waals surface area contributed by atoms with Crippen molar-refractivity contribution in [3.8, 4) is 0 Å². The van der Waals surface area contributed by atoms with Gasteiger partial charge in [0, 0.05) is 11.6 Å². The van der Waals surface area contributed by atoms with Crippen molar-refractivity contribution in [1.29, 1.82) is 0 Å². The minimum Gasteiger partial charge on any atom is -0.392 e. The summed E-state index contributed by atoms with van der Waals surface area (Å²) in [4.78, 5) is 0.0327. The van der Waals surface area contributed by atoms with Crippen LogP contribution < -0.4 is 4.72 Å². The zero-order valence-electron chi connectivity index (χ0n) is 11.5. The number of hydrogen-bond acceptors (Lipinski definition) is 3. The molecule has 2 N–H and O–H groups in total. The van der Waals surface area contributed by atoms with E-state index in [9.17, 15) is 12.8 Å². The third-order valence-corrected chi connectivity index (χ3v) is 6.98. The molecular formula is C15H18FNO3S. The van der Waals surface area contributed by atoms with Gasteiger partial charge >= 0.3 is 0 Å². The van der Waals surface area contributed by atoms with Crippen LogP contribution in [0.25, 0.3) is 0 Å². The second-order valence-electron chi connectivity index (χ2n) is 6.55. The van der Waals surface area contributed by atoms with Crippen LogP contribution in [-0.2, 0) is 16.6 Å². The number of halogens is 1. The number of fused-ring (bicyclic) bond motifs is 5. The number of benzene rings is 1. The fraction of sp³-hybridized carbons (Fsp3) is 0.600. The van der Waals surface area contributed by atoms with Crippen LogP contribution in [0, 0.1) is 29.5 Å². The highest BCUT2D eigenvalue weighted by molar-refractivity contribution is 7.89. The van der Waals surface area contributed by atoms with Gasteiger partial charge in [0.2, 0.25) is 10.0 Å². The Labute approximate surface area is 123 Å². The Morgan fingerprint density at radius 3 is 2.52 bits per heavy atom. The summed E-state index contributed by atoms with van der Waals surface area (Å²) in [5.41, 5.74) is 0.00827. The highest BCUT2D eigenvalue weighted by Crippen LogP contribution is 2.65. The van der Waals surface area contributed by atoms with Gasteiger partial charge in [-0.1, -0.05) is 0 Å². The van der Waals surface area contributed by atoms with Crippen LogP contribution in [0.4, 0.5) is 4.39 Å². The quantitative estimate of drug-likeness (QED) is 0.888. The minimum atomic E-state index is -3.64. The van der Waals surface area contributed by atoms with Crippen molar-refractivity contribution in [3.63, 3.8) is 0 Å². The standard InChI is InChI=1S/C15H18FNO3S/c16-12-4-3-11(6-10(12)7-18)21(19,20)17-15-13-8-1-2-9(5-8)14(13)15/h3-4,6,8-9,13-15,17-18H,1-2,5,7H2. The summed E-state index contributed by atoms with van der Waals surface area (Å²) >= 11 is 0. The molecule has 3 fully saturated rings. The molecule has 0 aliphatic heterocycles. The van der Waals surface area contributed by atoms with Gasteiger partial charge in [-0.15, -0.1) is 0 Å². The molecule has 4 nitrogen and oxygen atoms in total. The van der Waals surface area contributed by atoms with Gasteiger partial charge in [0.15, 0.2) is 0 Å². The molecule has 4 atom stereocenters. The van der Waals surface area contributed by atoms with Crippen molar-refractivity contribution in [2.24, 2.45) is 23.7 Å². The van der Waals surface area contributed by atoms with Crippen molar-refractivity contribution >= 4 is 10.0 Å². The lowest BCUT2D eigenvalue weighted by Crippen LogP contribution is -2.30. The second kappa shape index (κ2) is 4.51. The van der Waals surface area contributed by atoms with Crippen LogP contribution in [0.15, 0.2) is 23.1 Å². The molecular weight excluding hydrogens is 293 g/mol. The Kier molecular flexibility index (Phi) is 2.93. The average Bonchev–Trinajstić information content (AvgIpc) is 2.85. The SMILES string of the molecule is O=S(=O)(NC1C2C3CCC(C3)C12)c1ccc(F)c(CO)c1. The smallest absolute Gasteiger partial charge is 0.240 e. The molecule has 4 rings (SSSR count). The van der Waals surface area contributed by atoms with Crippen LogP contribution in [-0.4, -0.2) is 19.6 Å². The maximum Gasteiger partial charge on any atom is 0.240 e. The van der Waals surface area contributed by atoms with E-state index < -0.39 is 22.4 Å². The summed E-state index contributed by atoms with van der Waals surface area (Å²) in [6.45, 7) is -0.506. The molecule has 3 aliphatic rings. The first-order chi connectivity index (χ1) is 10.0. The maximum atomic E-state index is 13.4. The van der Waals surface area contributed by atoms with E-state index in [-0.39, 0.29) is 16.5 Å². The van der Waals surface area contributed by atoms with Gasteiger partial charge in [-0.25, -0.2) is 17.5 Å². The summed E-state index contributed by atoms with van der Waals surface area (Å²) in [6.07, 6.45) is 3.73. The Hall–Kier alpha value is -0.980. The van der Waals surface area contributed by atoms with Crippen LogP contribution in [0.1, 0.15) is 24.8 Å². The molecule has 3 aliphatic carbocycles. The first kappa shape index (κ1) is 13.7. The van der Waals surface area contributed by atoms with Gasteiger partial charge in [0.25, 0.3) is 0 Å². The topological polar surface area (TPSA) is 66.4 Å². The monoisotopic (exact) mass is 311 g/mol. The Morgan fingerprint density at radius 2 is 1.90 bits per heavy atom. The molecule has 4 unspecified atom stereocenters. The molecule has 0 aromatic heterocycles. The molecule has 21 heavy (non-hydrogen) atoms. The van der Waals surface area contributed by atoms with Gasteiger partial charge in [-0.2, -0.15) is 0 Å².